The fraction of sp³-hybridized carbons (Fsp3) is 0. The minimum absolute atomic E-state index is 1.05. The minimum Gasteiger partial charge on any atom is -0.309 e. The third-order valence-electron chi connectivity index (χ3n) is 5.62. The van der Waals surface area contributed by atoms with E-state index in [9.17, 15) is 0 Å². The molecule has 0 saturated heterocycles. The fourth-order valence-corrected chi connectivity index (χ4v) is 4.38. The molecule has 0 saturated carbocycles. The molecule has 0 radical (unpaired) electrons. The van der Waals surface area contributed by atoms with Gasteiger partial charge < -0.3 is 4.90 Å². The highest BCUT2D eigenvalue weighted by Gasteiger charge is 2.15. The molecule has 0 aliphatic rings. The Kier molecular flexibility index (Phi) is 3.50. The fourth-order valence-electron chi connectivity index (χ4n) is 4.38. The van der Waals surface area contributed by atoms with Crippen LogP contribution in [0.4, 0.5) is 17.1 Å². The van der Waals surface area contributed by atoms with E-state index in [1.54, 1.807) is 0 Å². The van der Waals surface area contributed by atoms with Crippen molar-refractivity contribution in [1.82, 2.24) is 4.98 Å². The van der Waals surface area contributed by atoms with Crippen LogP contribution in [0.5, 0.6) is 0 Å². The van der Waals surface area contributed by atoms with E-state index in [0.717, 1.165) is 17.1 Å². The predicted octanol–water partition coefficient (Wildman–Crippen LogP) is 7.45. The van der Waals surface area contributed by atoms with Gasteiger partial charge in [-0.15, -0.1) is 0 Å². The van der Waals surface area contributed by atoms with Crippen LogP contribution in [0.3, 0.4) is 0 Å². The Morgan fingerprint density at radius 2 is 1.10 bits per heavy atom. The molecule has 0 amide bonds. The first-order valence-corrected chi connectivity index (χ1v) is 9.81. The number of rotatable bonds is 3. The van der Waals surface area contributed by atoms with Gasteiger partial charge in [-0.1, -0.05) is 60.7 Å². The average molecular weight is 370 g/mol. The summed E-state index contributed by atoms with van der Waals surface area (Å²) in [6, 6.07) is 34.6. The lowest BCUT2D eigenvalue weighted by atomic mass is 9.93. The first kappa shape index (κ1) is 16.1. The van der Waals surface area contributed by atoms with Crippen molar-refractivity contribution in [3.05, 3.63) is 109 Å². The van der Waals surface area contributed by atoms with Gasteiger partial charge in [0.15, 0.2) is 0 Å². The third kappa shape index (κ3) is 2.54. The van der Waals surface area contributed by atoms with E-state index in [0.29, 0.717) is 0 Å². The molecule has 6 aromatic rings. The zero-order chi connectivity index (χ0) is 19.2. The molecule has 0 aliphatic carbocycles. The maximum absolute atomic E-state index is 4.36. The Morgan fingerprint density at radius 1 is 0.483 bits per heavy atom. The smallest absolute Gasteiger partial charge is 0.0644 e. The molecule has 6 rings (SSSR count). The average Bonchev–Trinajstić information content (AvgIpc) is 2.79. The van der Waals surface area contributed by atoms with Crippen molar-refractivity contribution in [2.75, 3.05) is 4.90 Å². The highest BCUT2D eigenvalue weighted by molar-refractivity contribution is 6.23. The molecule has 2 heteroatoms. The van der Waals surface area contributed by atoms with Crippen molar-refractivity contribution in [2.24, 2.45) is 0 Å². The molecule has 136 valence electrons. The molecule has 0 aliphatic heterocycles. The summed E-state index contributed by atoms with van der Waals surface area (Å²) in [5.74, 6) is 0. The molecule has 5 aromatic carbocycles. The summed E-state index contributed by atoms with van der Waals surface area (Å²) < 4.78 is 0. The van der Waals surface area contributed by atoms with Gasteiger partial charge in [-0.3, -0.25) is 4.98 Å². The monoisotopic (exact) mass is 370 g/mol. The van der Waals surface area contributed by atoms with Crippen molar-refractivity contribution >= 4 is 49.4 Å². The van der Waals surface area contributed by atoms with Gasteiger partial charge in [0.05, 0.1) is 11.9 Å². The van der Waals surface area contributed by atoms with Crippen LogP contribution in [0.1, 0.15) is 0 Å². The van der Waals surface area contributed by atoms with Crippen LogP contribution < -0.4 is 4.90 Å². The summed E-state index contributed by atoms with van der Waals surface area (Å²) in [5.41, 5.74) is 3.30. The van der Waals surface area contributed by atoms with Gasteiger partial charge in [0.2, 0.25) is 0 Å². The molecule has 0 unspecified atom stereocenters. The van der Waals surface area contributed by atoms with Crippen molar-refractivity contribution < 1.29 is 0 Å². The van der Waals surface area contributed by atoms with E-state index in [1.165, 1.54) is 32.3 Å². The lowest BCUT2D eigenvalue weighted by Crippen LogP contribution is -2.10. The van der Waals surface area contributed by atoms with Crippen molar-refractivity contribution in [2.45, 2.75) is 0 Å². The molecular formula is C27H18N2. The van der Waals surface area contributed by atoms with E-state index < -0.39 is 0 Å². The Hall–Kier alpha value is -3.91. The second-order valence-corrected chi connectivity index (χ2v) is 7.36. The quantitative estimate of drug-likeness (QED) is 0.301. The highest BCUT2D eigenvalue weighted by atomic mass is 15.1. The number of nitrogens with zero attached hydrogens (tertiary/aromatic N) is 2. The van der Waals surface area contributed by atoms with Crippen molar-refractivity contribution in [3.63, 3.8) is 0 Å². The molecular weight excluding hydrogens is 352 g/mol. The maximum atomic E-state index is 4.36. The summed E-state index contributed by atoms with van der Waals surface area (Å²) in [4.78, 5) is 6.62. The Bertz CT molecular complexity index is 1340. The van der Waals surface area contributed by atoms with E-state index in [4.69, 9.17) is 0 Å². The SMILES string of the molecule is c1ccc(N(c2cccnc2)c2cc3ccc4cccc5ccc(c2)c3c45)cc1. The summed E-state index contributed by atoms with van der Waals surface area (Å²) in [6.07, 6.45) is 3.73. The van der Waals surface area contributed by atoms with Gasteiger partial charge in [-0.25, -0.2) is 0 Å². The third-order valence-corrected chi connectivity index (χ3v) is 5.62. The van der Waals surface area contributed by atoms with Gasteiger partial charge >= 0.3 is 0 Å². The number of hydrogen-bond donors (Lipinski definition) is 0. The van der Waals surface area contributed by atoms with Gasteiger partial charge in [0.25, 0.3) is 0 Å². The molecule has 0 spiro atoms. The summed E-state index contributed by atoms with van der Waals surface area (Å²) in [5, 5.41) is 7.78. The van der Waals surface area contributed by atoms with Gasteiger partial charge in [-0.05, 0) is 68.7 Å². The number of anilines is 3. The van der Waals surface area contributed by atoms with Crippen LogP contribution in [-0.2, 0) is 0 Å². The molecule has 0 fully saturated rings. The number of para-hydroxylation sites is 1. The molecule has 1 aromatic heterocycles. The van der Waals surface area contributed by atoms with Gasteiger partial charge in [-0.2, -0.15) is 0 Å². The molecule has 1 heterocycles. The zero-order valence-corrected chi connectivity index (χ0v) is 15.8. The van der Waals surface area contributed by atoms with E-state index in [2.05, 4.69) is 94.8 Å². The second kappa shape index (κ2) is 6.32. The standard InChI is InChI=1S/C27H18N2/c1-2-8-23(9-3-1)29(24-10-5-15-28-18-24)25-16-21-13-11-19-6-4-7-20-12-14-22(17-25)27(21)26(19)20/h1-18H. The predicted molar refractivity (Wildman–Crippen MR) is 123 cm³/mol. The van der Waals surface area contributed by atoms with Gasteiger partial charge in [0.1, 0.15) is 0 Å². The first-order valence-electron chi connectivity index (χ1n) is 9.81. The lowest BCUT2D eigenvalue weighted by Gasteiger charge is -2.26. The molecule has 0 bridgehead atoms. The second-order valence-electron chi connectivity index (χ2n) is 7.36. The number of hydrogen-bond acceptors (Lipinski definition) is 2. The number of aromatic nitrogens is 1. The van der Waals surface area contributed by atoms with Crippen LogP contribution in [0, 0.1) is 0 Å². The summed E-state index contributed by atoms with van der Waals surface area (Å²) in [6.45, 7) is 0. The Balaban J connectivity index is 1.66. The molecule has 0 atom stereocenters. The molecule has 29 heavy (non-hydrogen) atoms. The lowest BCUT2D eigenvalue weighted by molar-refractivity contribution is 1.23. The number of benzene rings is 5. The summed E-state index contributed by atoms with van der Waals surface area (Å²) in [7, 11) is 0. The Morgan fingerprint density at radius 3 is 1.76 bits per heavy atom. The highest BCUT2D eigenvalue weighted by Crippen LogP contribution is 2.40. The van der Waals surface area contributed by atoms with Gasteiger partial charge in [0, 0.05) is 17.6 Å². The van der Waals surface area contributed by atoms with Crippen LogP contribution >= 0.6 is 0 Å². The number of pyridine rings is 1. The topological polar surface area (TPSA) is 16.1 Å². The zero-order valence-electron chi connectivity index (χ0n) is 15.8. The van der Waals surface area contributed by atoms with Crippen LogP contribution in [0.25, 0.3) is 32.3 Å². The maximum Gasteiger partial charge on any atom is 0.0644 e. The normalized spacial score (nSPS) is 11.4. The summed E-state index contributed by atoms with van der Waals surface area (Å²) >= 11 is 0. The van der Waals surface area contributed by atoms with E-state index >= 15 is 0 Å². The molecule has 2 nitrogen and oxygen atoms in total. The van der Waals surface area contributed by atoms with Crippen LogP contribution in [0.2, 0.25) is 0 Å². The van der Waals surface area contributed by atoms with Crippen LogP contribution in [0.15, 0.2) is 109 Å². The van der Waals surface area contributed by atoms with Crippen molar-refractivity contribution in [1.29, 1.82) is 0 Å². The van der Waals surface area contributed by atoms with Crippen molar-refractivity contribution in [3.8, 4) is 0 Å². The molecule has 0 N–H and O–H groups in total. The first-order chi connectivity index (χ1) is 14.4. The Labute approximate surface area is 169 Å². The largest absolute Gasteiger partial charge is 0.309 e. The minimum atomic E-state index is 1.05. The van der Waals surface area contributed by atoms with E-state index in [1.807, 2.05) is 24.5 Å². The van der Waals surface area contributed by atoms with Crippen LogP contribution in [-0.4, -0.2) is 4.98 Å². The van der Waals surface area contributed by atoms with E-state index in [-0.39, 0.29) is 0 Å².